The van der Waals surface area contributed by atoms with Gasteiger partial charge in [0.15, 0.2) is 0 Å². The Morgan fingerprint density at radius 3 is 2.80 bits per heavy atom. The van der Waals surface area contributed by atoms with Crippen molar-refractivity contribution in [3.8, 4) is 0 Å². The van der Waals surface area contributed by atoms with E-state index in [1.165, 1.54) is 13.2 Å². The molecule has 1 aromatic rings. The van der Waals surface area contributed by atoms with Gasteiger partial charge in [-0.3, -0.25) is 10.0 Å². The standard InChI is InChI=1S/C15H20FNO3/c1-4-5-12(15(18)17-19)9-14(20-3)11-6-7-13(16)10(2)8-11/h4,6-8,12,14,19H,1,5,9H2,2-3H3,(H,17,18)/t12-,14-/m1/s1. The van der Waals surface area contributed by atoms with Crippen molar-refractivity contribution in [1.29, 1.82) is 0 Å². The van der Waals surface area contributed by atoms with Crippen molar-refractivity contribution in [2.75, 3.05) is 7.11 Å². The van der Waals surface area contributed by atoms with E-state index in [9.17, 15) is 9.18 Å². The topological polar surface area (TPSA) is 58.6 Å². The fourth-order valence-electron chi connectivity index (χ4n) is 2.10. The van der Waals surface area contributed by atoms with E-state index < -0.39 is 11.8 Å². The molecule has 0 spiro atoms. The molecule has 0 saturated heterocycles. The quantitative estimate of drug-likeness (QED) is 0.459. The molecular weight excluding hydrogens is 261 g/mol. The molecule has 4 nitrogen and oxygen atoms in total. The molecule has 5 heteroatoms. The number of benzene rings is 1. The van der Waals surface area contributed by atoms with Gasteiger partial charge >= 0.3 is 0 Å². The molecule has 1 aromatic carbocycles. The van der Waals surface area contributed by atoms with Crippen LogP contribution >= 0.6 is 0 Å². The van der Waals surface area contributed by atoms with Gasteiger partial charge in [-0.15, -0.1) is 6.58 Å². The summed E-state index contributed by atoms with van der Waals surface area (Å²) >= 11 is 0. The van der Waals surface area contributed by atoms with Crippen LogP contribution in [0.3, 0.4) is 0 Å². The zero-order valence-corrected chi connectivity index (χ0v) is 11.7. The zero-order valence-electron chi connectivity index (χ0n) is 11.7. The largest absolute Gasteiger partial charge is 0.377 e. The average Bonchev–Trinajstić information content (AvgIpc) is 2.45. The third-order valence-electron chi connectivity index (χ3n) is 3.27. The molecule has 0 radical (unpaired) electrons. The first-order valence-electron chi connectivity index (χ1n) is 6.37. The smallest absolute Gasteiger partial charge is 0.246 e. The highest BCUT2D eigenvalue weighted by molar-refractivity contribution is 5.77. The van der Waals surface area contributed by atoms with Crippen LogP contribution in [0.15, 0.2) is 30.9 Å². The number of hydroxylamine groups is 1. The molecule has 0 aliphatic carbocycles. The van der Waals surface area contributed by atoms with Gasteiger partial charge in [0.2, 0.25) is 5.91 Å². The second kappa shape index (κ2) is 7.77. The maximum Gasteiger partial charge on any atom is 0.246 e. The van der Waals surface area contributed by atoms with Crippen molar-refractivity contribution < 1.29 is 19.1 Å². The van der Waals surface area contributed by atoms with Crippen LogP contribution in [0.25, 0.3) is 0 Å². The van der Waals surface area contributed by atoms with Crippen molar-refractivity contribution in [1.82, 2.24) is 5.48 Å². The average molecular weight is 281 g/mol. The van der Waals surface area contributed by atoms with Crippen molar-refractivity contribution >= 4 is 5.91 Å². The van der Waals surface area contributed by atoms with Crippen LogP contribution in [0.1, 0.15) is 30.1 Å². The maximum atomic E-state index is 13.3. The summed E-state index contributed by atoms with van der Waals surface area (Å²) in [6.07, 6.45) is 2.06. The van der Waals surface area contributed by atoms with E-state index in [1.807, 2.05) is 0 Å². The molecule has 0 heterocycles. The minimum atomic E-state index is -0.481. The highest BCUT2D eigenvalue weighted by Crippen LogP contribution is 2.27. The van der Waals surface area contributed by atoms with Crippen LogP contribution < -0.4 is 5.48 Å². The Labute approximate surface area is 118 Å². The van der Waals surface area contributed by atoms with E-state index in [4.69, 9.17) is 9.94 Å². The van der Waals surface area contributed by atoms with E-state index in [2.05, 4.69) is 6.58 Å². The van der Waals surface area contributed by atoms with Gasteiger partial charge in [-0.25, -0.2) is 9.87 Å². The first-order chi connectivity index (χ1) is 9.53. The number of nitrogens with one attached hydrogen (secondary N) is 1. The van der Waals surface area contributed by atoms with E-state index in [0.717, 1.165) is 5.56 Å². The van der Waals surface area contributed by atoms with Gasteiger partial charge in [0.25, 0.3) is 0 Å². The minimum Gasteiger partial charge on any atom is -0.377 e. The van der Waals surface area contributed by atoms with E-state index in [-0.39, 0.29) is 11.9 Å². The molecule has 110 valence electrons. The Hall–Kier alpha value is -1.72. The molecule has 20 heavy (non-hydrogen) atoms. The number of allylic oxidation sites excluding steroid dienone is 1. The summed E-state index contributed by atoms with van der Waals surface area (Å²) in [5.41, 5.74) is 2.97. The number of methoxy groups -OCH3 is 1. The molecule has 0 aliphatic rings. The molecule has 0 unspecified atom stereocenters. The number of halogens is 1. The van der Waals surface area contributed by atoms with Crippen LogP contribution in [0, 0.1) is 18.7 Å². The molecule has 2 N–H and O–H groups in total. The predicted octanol–water partition coefficient (Wildman–Crippen LogP) is 2.91. The third-order valence-corrected chi connectivity index (χ3v) is 3.27. The number of aryl methyl sites for hydroxylation is 1. The molecule has 1 rings (SSSR count). The fraction of sp³-hybridized carbons (Fsp3) is 0.400. The second-order valence-corrected chi connectivity index (χ2v) is 4.67. The highest BCUT2D eigenvalue weighted by Gasteiger charge is 2.23. The van der Waals surface area contributed by atoms with Gasteiger partial charge in [-0.2, -0.15) is 0 Å². The van der Waals surface area contributed by atoms with Gasteiger partial charge in [0.1, 0.15) is 5.82 Å². The molecule has 2 atom stereocenters. The van der Waals surface area contributed by atoms with Gasteiger partial charge in [0.05, 0.1) is 6.10 Å². The van der Waals surface area contributed by atoms with Crippen LogP contribution in [0.2, 0.25) is 0 Å². The number of carbonyl (C=O) groups excluding carboxylic acids is 1. The van der Waals surface area contributed by atoms with Crippen LogP contribution in [0.4, 0.5) is 4.39 Å². The Bertz CT molecular complexity index is 476. The van der Waals surface area contributed by atoms with Crippen molar-refractivity contribution in [3.05, 3.63) is 47.8 Å². The van der Waals surface area contributed by atoms with Crippen molar-refractivity contribution in [2.45, 2.75) is 25.9 Å². The lowest BCUT2D eigenvalue weighted by Gasteiger charge is -2.21. The highest BCUT2D eigenvalue weighted by atomic mass is 19.1. The lowest BCUT2D eigenvalue weighted by molar-refractivity contribution is -0.134. The molecular formula is C15H20FNO3. The molecule has 0 aliphatic heterocycles. The fourth-order valence-corrected chi connectivity index (χ4v) is 2.10. The van der Waals surface area contributed by atoms with Gasteiger partial charge in [-0.05, 0) is 37.0 Å². The SMILES string of the molecule is C=CC[C@H](C[C@@H](OC)c1ccc(F)c(C)c1)C(=O)NO. The number of rotatable bonds is 7. The molecule has 0 saturated carbocycles. The first-order valence-corrected chi connectivity index (χ1v) is 6.37. The Morgan fingerprint density at radius 1 is 1.60 bits per heavy atom. The molecule has 0 bridgehead atoms. The summed E-state index contributed by atoms with van der Waals surface area (Å²) in [6, 6.07) is 4.72. The normalized spacial score (nSPS) is 13.6. The second-order valence-electron chi connectivity index (χ2n) is 4.67. The maximum absolute atomic E-state index is 13.3. The monoisotopic (exact) mass is 281 g/mol. The lowest BCUT2D eigenvalue weighted by atomic mass is 9.93. The summed E-state index contributed by atoms with van der Waals surface area (Å²) in [5.74, 6) is -1.21. The number of hydrogen-bond acceptors (Lipinski definition) is 3. The van der Waals surface area contributed by atoms with Crippen LogP contribution in [-0.4, -0.2) is 18.2 Å². The van der Waals surface area contributed by atoms with Gasteiger partial charge in [0, 0.05) is 13.0 Å². The summed E-state index contributed by atoms with van der Waals surface area (Å²) in [7, 11) is 1.53. The van der Waals surface area contributed by atoms with Gasteiger partial charge < -0.3 is 4.74 Å². The summed E-state index contributed by atoms with van der Waals surface area (Å²) in [5, 5.41) is 8.74. The van der Waals surface area contributed by atoms with Gasteiger partial charge in [-0.1, -0.05) is 18.2 Å². The molecule has 1 amide bonds. The van der Waals surface area contributed by atoms with E-state index >= 15 is 0 Å². The first kappa shape index (κ1) is 16.3. The third kappa shape index (κ3) is 4.15. The van der Waals surface area contributed by atoms with E-state index in [1.54, 1.807) is 30.6 Å². The lowest BCUT2D eigenvalue weighted by Crippen LogP contribution is -2.29. The molecule has 0 fully saturated rings. The number of carbonyl (C=O) groups is 1. The molecule has 0 aromatic heterocycles. The number of ether oxygens (including phenoxy) is 1. The predicted molar refractivity (Wildman–Crippen MR) is 73.7 cm³/mol. The minimum absolute atomic E-state index is 0.278. The Kier molecular flexibility index (Phi) is 6.35. The summed E-state index contributed by atoms with van der Waals surface area (Å²) in [4.78, 5) is 11.6. The number of amides is 1. The van der Waals surface area contributed by atoms with Crippen molar-refractivity contribution in [2.24, 2.45) is 5.92 Å². The van der Waals surface area contributed by atoms with Crippen LogP contribution in [-0.2, 0) is 9.53 Å². The summed E-state index contributed by atoms with van der Waals surface area (Å²) in [6.45, 7) is 5.27. The Morgan fingerprint density at radius 2 is 2.30 bits per heavy atom. The van der Waals surface area contributed by atoms with Crippen LogP contribution in [0.5, 0.6) is 0 Å². The Balaban J connectivity index is 2.90. The van der Waals surface area contributed by atoms with E-state index in [0.29, 0.717) is 18.4 Å². The number of hydrogen-bond donors (Lipinski definition) is 2. The van der Waals surface area contributed by atoms with Crippen molar-refractivity contribution in [3.63, 3.8) is 0 Å². The summed E-state index contributed by atoms with van der Waals surface area (Å²) < 4.78 is 18.7. The zero-order chi connectivity index (χ0) is 15.1.